The molecule has 2 aromatic rings. The number of benzene rings is 2. The van der Waals surface area contributed by atoms with Gasteiger partial charge in [0.2, 0.25) is 0 Å². The lowest BCUT2D eigenvalue weighted by molar-refractivity contribution is 1.03. The number of hydrogen-bond donors (Lipinski definition) is 1. The minimum absolute atomic E-state index is 0.734. The molecule has 0 saturated heterocycles. The van der Waals surface area contributed by atoms with Gasteiger partial charge in [-0.1, -0.05) is 53.7 Å². The maximum atomic E-state index is 5.90. The molecule has 0 spiro atoms. The van der Waals surface area contributed by atoms with Crippen LogP contribution in [0.1, 0.15) is 11.1 Å². The van der Waals surface area contributed by atoms with Gasteiger partial charge in [0.15, 0.2) is 5.17 Å². The number of aryl methyl sites for hydroxylation is 1. The molecular formula is C16H14ClN3S. The van der Waals surface area contributed by atoms with E-state index in [0.717, 1.165) is 38.5 Å². The van der Waals surface area contributed by atoms with Crippen LogP contribution in [0.25, 0.3) is 0 Å². The van der Waals surface area contributed by atoms with Gasteiger partial charge in [-0.3, -0.25) is 5.43 Å². The molecule has 0 saturated carbocycles. The van der Waals surface area contributed by atoms with Gasteiger partial charge >= 0.3 is 0 Å². The van der Waals surface area contributed by atoms with Crippen molar-refractivity contribution in [1.29, 1.82) is 0 Å². The Hall–Kier alpha value is -1.78. The fourth-order valence-electron chi connectivity index (χ4n) is 1.96. The van der Waals surface area contributed by atoms with Crippen molar-refractivity contribution in [1.82, 2.24) is 5.43 Å². The first kappa shape index (κ1) is 14.2. The lowest BCUT2D eigenvalue weighted by atomic mass is 10.1. The Morgan fingerprint density at radius 2 is 1.90 bits per heavy atom. The van der Waals surface area contributed by atoms with E-state index in [2.05, 4.69) is 28.5 Å². The number of para-hydroxylation sites is 1. The van der Waals surface area contributed by atoms with Gasteiger partial charge in [0.1, 0.15) is 0 Å². The van der Waals surface area contributed by atoms with E-state index in [9.17, 15) is 0 Å². The smallest absolute Gasteiger partial charge is 0.182 e. The standard InChI is InChI=1S/C16H14ClN3S/c1-11-4-2-3-5-14(11)18-16-20-19-15(10-21-16)12-6-8-13(17)9-7-12/h2-9H,10H2,1H3,(H,18,20). The lowest BCUT2D eigenvalue weighted by Crippen LogP contribution is -2.25. The van der Waals surface area contributed by atoms with Crippen LogP contribution in [0.3, 0.4) is 0 Å². The average molecular weight is 316 g/mol. The Balaban J connectivity index is 1.77. The van der Waals surface area contributed by atoms with Gasteiger partial charge in [-0.15, -0.1) is 0 Å². The number of hydrogen-bond acceptors (Lipinski definition) is 3. The largest absolute Gasteiger partial charge is 0.255 e. The number of amidine groups is 1. The first-order valence-corrected chi connectivity index (χ1v) is 7.94. The summed E-state index contributed by atoms with van der Waals surface area (Å²) < 4.78 is 0. The SMILES string of the molecule is Cc1ccccc1N=C1NN=C(c2ccc(Cl)cc2)CS1. The van der Waals surface area contributed by atoms with Crippen molar-refractivity contribution < 1.29 is 0 Å². The predicted octanol–water partition coefficient (Wildman–Crippen LogP) is 4.38. The van der Waals surface area contributed by atoms with E-state index >= 15 is 0 Å². The highest BCUT2D eigenvalue weighted by atomic mass is 35.5. The summed E-state index contributed by atoms with van der Waals surface area (Å²) in [6, 6.07) is 15.8. The molecule has 0 bridgehead atoms. The van der Waals surface area contributed by atoms with E-state index < -0.39 is 0 Å². The van der Waals surface area contributed by atoms with Gasteiger partial charge in [0, 0.05) is 10.8 Å². The molecular weight excluding hydrogens is 302 g/mol. The topological polar surface area (TPSA) is 36.8 Å². The van der Waals surface area contributed by atoms with Crippen molar-refractivity contribution in [3.63, 3.8) is 0 Å². The third-order valence-corrected chi connectivity index (χ3v) is 4.27. The molecule has 3 nitrogen and oxygen atoms in total. The molecule has 1 heterocycles. The molecule has 0 aliphatic carbocycles. The average Bonchev–Trinajstić information content (AvgIpc) is 2.51. The number of hydrazone groups is 1. The minimum atomic E-state index is 0.734. The molecule has 0 radical (unpaired) electrons. The summed E-state index contributed by atoms with van der Waals surface area (Å²) in [5.41, 5.74) is 7.23. The molecule has 3 rings (SSSR count). The highest BCUT2D eigenvalue weighted by Crippen LogP contribution is 2.21. The first-order chi connectivity index (χ1) is 10.2. The van der Waals surface area contributed by atoms with Crippen molar-refractivity contribution in [2.24, 2.45) is 10.1 Å². The molecule has 0 amide bonds. The minimum Gasteiger partial charge on any atom is -0.255 e. The normalized spacial score (nSPS) is 16.5. The third-order valence-electron chi connectivity index (χ3n) is 3.15. The molecule has 106 valence electrons. The second-order valence-corrected chi connectivity index (χ2v) is 6.07. The predicted molar refractivity (Wildman–Crippen MR) is 91.9 cm³/mol. The van der Waals surface area contributed by atoms with E-state index in [1.165, 1.54) is 0 Å². The molecule has 1 aliphatic heterocycles. The molecule has 5 heteroatoms. The molecule has 0 aromatic heterocycles. The number of nitrogens with one attached hydrogen (secondary N) is 1. The lowest BCUT2D eigenvalue weighted by Gasteiger charge is -2.15. The highest BCUT2D eigenvalue weighted by molar-refractivity contribution is 8.14. The van der Waals surface area contributed by atoms with Gasteiger partial charge in [0.25, 0.3) is 0 Å². The van der Waals surface area contributed by atoms with E-state index in [1.807, 2.05) is 42.5 Å². The molecule has 0 unspecified atom stereocenters. The van der Waals surface area contributed by atoms with Crippen LogP contribution in [0.2, 0.25) is 5.02 Å². The molecule has 0 fully saturated rings. The van der Waals surface area contributed by atoms with E-state index in [4.69, 9.17) is 11.6 Å². The first-order valence-electron chi connectivity index (χ1n) is 6.58. The zero-order valence-corrected chi connectivity index (χ0v) is 13.1. The van der Waals surface area contributed by atoms with Crippen molar-refractivity contribution in [3.8, 4) is 0 Å². The summed E-state index contributed by atoms with van der Waals surface area (Å²) >= 11 is 7.55. The van der Waals surface area contributed by atoms with Crippen LogP contribution in [-0.2, 0) is 0 Å². The Morgan fingerprint density at radius 1 is 1.14 bits per heavy atom. The van der Waals surface area contributed by atoms with E-state index in [1.54, 1.807) is 11.8 Å². The summed E-state index contributed by atoms with van der Waals surface area (Å²) in [4.78, 5) is 4.60. The molecule has 1 N–H and O–H groups in total. The van der Waals surface area contributed by atoms with Gasteiger partial charge < -0.3 is 0 Å². The monoisotopic (exact) mass is 315 g/mol. The fraction of sp³-hybridized carbons (Fsp3) is 0.125. The van der Waals surface area contributed by atoms with Gasteiger partial charge in [0.05, 0.1) is 11.4 Å². The molecule has 0 atom stereocenters. The Kier molecular flexibility index (Phi) is 4.27. The number of rotatable bonds is 2. The van der Waals surface area contributed by atoms with E-state index in [-0.39, 0.29) is 0 Å². The van der Waals surface area contributed by atoms with Crippen LogP contribution >= 0.6 is 23.4 Å². The Morgan fingerprint density at radius 3 is 2.57 bits per heavy atom. The summed E-state index contributed by atoms with van der Waals surface area (Å²) in [6.07, 6.45) is 0. The number of aliphatic imine (C=N–C) groups is 1. The maximum Gasteiger partial charge on any atom is 0.182 e. The second-order valence-electron chi connectivity index (χ2n) is 4.67. The fourth-order valence-corrected chi connectivity index (χ4v) is 2.87. The number of nitrogens with zero attached hydrogens (tertiary/aromatic N) is 2. The third kappa shape index (κ3) is 3.46. The molecule has 1 aliphatic rings. The van der Waals surface area contributed by atoms with Crippen LogP contribution < -0.4 is 5.43 Å². The summed E-state index contributed by atoms with van der Waals surface area (Å²) in [5.74, 6) is 0.791. The van der Waals surface area contributed by atoms with Crippen LogP contribution in [0.15, 0.2) is 58.6 Å². The quantitative estimate of drug-likeness (QED) is 0.893. The van der Waals surface area contributed by atoms with Crippen LogP contribution in [-0.4, -0.2) is 16.6 Å². The molecule has 2 aromatic carbocycles. The van der Waals surface area contributed by atoms with Crippen molar-refractivity contribution in [2.75, 3.05) is 5.75 Å². The van der Waals surface area contributed by atoms with Crippen molar-refractivity contribution in [3.05, 3.63) is 64.7 Å². The Bertz CT molecular complexity index is 708. The van der Waals surface area contributed by atoms with Crippen LogP contribution in [0.4, 0.5) is 5.69 Å². The zero-order valence-electron chi connectivity index (χ0n) is 11.5. The van der Waals surface area contributed by atoms with Crippen LogP contribution in [0, 0.1) is 6.92 Å². The number of halogens is 1. The second kappa shape index (κ2) is 6.33. The maximum absolute atomic E-state index is 5.90. The van der Waals surface area contributed by atoms with Crippen molar-refractivity contribution >= 4 is 39.9 Å². The van der Waals surface area contributed by atoms with Gasteiger partial charge in [-0.2, -0.15) is 5.10 Å². The summed E-state index contributed by atoms with van der Waals surface area (Å²) in [7, 11) is 0. The van der Waals surface area contributed by atoms with Crippen molar-refractivity contribution in [2.45, 2.75) is 6.92 Å². The van der Waals surface area contributed by atoms with Crippen LogP contribution in [0.5, 0.6) is 0 Å². The Labute approximate surface area is 133 Å². The summed E-state index contributed by atoms with van der Waals surface area (Å²) in [5, 5.41) is 5.96. The highest BCUT2D eigenvalue weighted by Gasteiger charge is 2.13. The van der Waals surface area contributed by atoms with Gasteiger partial charge in [-0.25, -0.2) is 4.99 Å². The zero-order chi connectivity index (χ0) is 14.7. The summed E-state index contributed by atoms with van der Waals surface area (Å²) in [6.45, 7) is 2.05. The van der Waals surface area contributed by atoms with E-state index in [0.29, 0.717) is 0 Å². The molecule has 21 heavy (non-hydrogen) atoms. The number of thioether (sulfide) groups is 1. The van der Waals surface area contributed by atoms with Gasteiger partial charge in [-0.05, 0) is 36.2 Å².